The molecule has 1 fully saturated rings. The molecule has 0 radical (unpaired) electrons. The normalized spacial score (nSPS) is 27.2. The second-order valence-corrected chi connectivity index (χ2v) is 6.31. The number of aryl methyl sites for hydroxylation is 1. The number of H-pyrrole nitrogens is 1. The maximum absolute atomic E-state index is 13.0. The number of aliphatic hydroxyl groups is 3. The van der Waals surface area contributed by atoms with Gasteiger partial charge in [0, 0.05) is 10.9 Å². The van der Waals surface area contributed by atoms with Crippen LogP contribution in [0.3, 0.4) is 0 Å². The van der Waals surface area contributed by atoms with Gasteiger partial charge in [0.1, 0.15) is 40.4 Å². The minimum Gasteiger partial charge on any atom is -0.394 e. The topological polar surface area (TPSA) is 98.6 Å². The monoisotopic (exact) mass is 376 g/mol. The fourth-order valence-electron chi connectivity index (χ4n) is 2.91. The van der Waals surface area contributed by atoms with Crippen molar-refractivity contribution in [1.82, 2.24) is 9.97 Å². The summed E-state index contributed by atoms with van der Waals surface area (Å²) in [4.78, 5) is 6.21. The average molecular weight is 376 g/mol. The van der Waals surface area contributed by atoms with E-state index in [0.29, 0.717) is 10.9 Å². The Balaban J connectivity index is 2.10. The van der Waals surface area contributed by atoms with Crippen LogP contribution in [-0.2, 0) is 10.9 Å². The summed E-state index contributed by atoms with van der Waals surface area (Å²) in [6, 6.07) is 2.77. The number of rotatable bonds is 2. The van der Waals surface area contributed by atoms with E-state index in [1.807, 2.05) is 0 Å². The number of hydrogen-bond donors (Lipinski definition) is 4. The van der Waals surface area contributed by atoms with Crippen molar-refractivity contribution in [2.45, 2.75) is 37.5 Å². The third-order valence-electron chi connectivity index (χ3n) is 4.17. The Labute approximate surface area is 144 Å². The standard InChI is InChI=1S/C15H15F3N2O4S/c1-5-2-6-3-7(11-10(23)9(22)8(4-21)24-11)14(25)20-13(6)19-12(5)15(16,17)18/h2-3,8-11,21-23H,4H2,1H3,(H,19,20,25)/t8-,9?,10?,11+/m1/s1. The van der Waals surface area contributed by atoms with Crippen LogP contribution in [-0.4, -0.2) is 50.2 Å². The molecule has 0 aliphatic carbocycles. The van der Waals surface area contributed by atoms with Crippen molar-refractivity contribution in [2.24, 2.45) is 0 Å². The molecule has 6 nitrogen and oxygen atoms in total. The Hall–Kier alpha value is -1.59. The molecule has 3 rings (SSSR count). The Morgan fingerprint density at radius 2 is 1.96 bits per heavy atom. The van der Waals surface area contributed by atoms with Gasteiger partial charge in [-0.1, -0.05) is 12.2 Å². The highest BCUT2D eigenvalue weighted by atomic mass is 32.1. The van der Waals surface area contributed by atoms with Crippen LogP contribution in [0.25, 0.3) is 11.0 Å². The van der Waals surface area contributed by atoms with E-state index in [-0.39, 0.29) is 15.9 Å². The molecule has 0 aromatic carbocycles. The smallest absolute Gasteiger partial charge is 0.394 e. The molecule has 0 saturated carbocycles. The predicted octanol–water partition coefficient (Wildman–Crippen LogP) is 1.77. The van der Waals surface area contributed by atoms with Gasteiger partial charge in [0.05, 0.1) is 6.61 Å². The number of fused-ring (bicyclic) bond motifs is 1. The molecule has 0 spiro atoms. The Bertz CT molecular complexity index is 870. The number of alkyl halides is 3. The van der Waals surface area contributed by atoms with Crippen LogP contribution in [0.5, 0.6) is 0 Å². The number of nitrogens with zero attached hydrogens (tertiary/aromatic N) is 1. The largest absolute Gasteiger partial charge is 0.433 e. The number of nitrogens with one attached hydrogen (secondary N) is 1. The molecule has 25 heavy (non-hydrogen) atoms. The lowest BCUT2D eigenvalue weighted by molar-refractivity contribution is -0.141. The summed E-state index contributed by atoms with van der Waals surface area (Å²) in [5, 5.41) is 29.5. The van der Waals surface area contributed by atoms with Gasteiger partial charge in [-0.25, -0.2) is 4.98 Å². The van der Waals surface area contributed by atoms with Gasteiger partial charge in [0.2, 0.25) is 0 Å². The number of pyridine rings is 2. The third kappa shape index (κ3) is 3.15. The first-order chi connectivity index (χ1) is 11.6. The van der Waals surface area contributed by atoms with Crippen LogP contribution in [0.15, 0.2) is 12.1 Å². The molecule has 10 heteroatoms. The van der Waals surface area contributed by atoms with Crippen molar-refractivity contribution in [3.8, 4) is 0 Å². The van der Waals surface area contributed by atoms with Crippen LogP contribution in [0.4, 0.5) is 13.2 Å². The first-order valence-electron chi connectivity index (χ1n) is 7.37. The van der Waals surface area contributed by atoms with Gasteiger partial charge in [-0.05, 0) is 24.6 Å². The number of aliphatic hydroxyl groups excluding tert-OH is 3. The summed E-state index contributed by atoms with van der Waals surface area (Å²) < 4.78 is 44.4. The van der Waals surface area contributed by atoms with E-state index in [4.69, 9.17) is 22.1 Å². The van der Waals surface area contributed by atoms with E-state index in [0.717, 1.165) is 0 Å². The van der Waals surface area contributed by atoms with Gasteiger partial charge in [-0.3, -0.25) is 0 Å². The van der Waals surface area contributed by atoms with Crippen LogP contribution in [0.2, 0.25) is 0 Å². The number of aromatic amines is 1. The highest BCUT2D eigenvalue weighted by molar-refractivity contribution is 7.71. The van der Waals surface area contributed by atoms with E-state index in [9.17, 15) is 23.4 Å². The number of ether oxygens (including phenoxy) is 1. The van der Waals surface area contributed by atoms with Gasteiger partial charge >= 0.3 is 6.18 Å². The van der Waals surface area contributed by atoms with Crippen LogP contribution in [0, 0.1) is 11.6 Å². The molecule has 0 amide bonds. The fraction of sp³-hybridized carbons (Fsp3) is 0.467. The zero-order valence-electron chi connectivity index (χ0n) is 12.9. The maximum atomic E-state index is 13.0. The third-order valence-corrected chi connectivity index (χ3v) is 4.50. The SMILES string of the molecule is Cc1cc2cc([C@@H]3O[C@H](CO)C(O)C3O)c(=S)[nH]c2nc1C(F)(F)F. The first-order valence-corrected chi connectivity index (χ1v) is 7.78. The van der Waals surface area contributed by atoms with Gasteiger partial charge in [0.25, 0.3) is 0 Å². The molecule has 2 aromatic heterocycles. The molecule has 1 aliphatic heterocycles. The molecule has 1 aliphatic rings. The lowest BCUT2D eigenvalue weighted by Crippen LogP contribution is -2.32. The molecule has 2 unspecified atom stereocenters. The minimum atomic E-state index is -4.59. The van der Waals surface area contributed by atoms with Gasteiger partial charge in [-0.2, -0.15) is 13.2 Å². The van der Waals surface area contributed by atoms with E-state index >= 15 is 0 Å². The van der Waals surface area contributed by atoms with Crippen molar-refractivity contribution in [1.29, 1.82) is 0 Å². The molecule has 4 N–H and O–H groups in total. The first kappa shape index (κ1) is 18.2. The minimum absolute atomic E-state index is 0.0341. The molecule has 1 saturated heterocycles. The Morgan fingerprint density at radius 1 is 1.28 bits per heavy atom. The summed E-state index contributed by atoms with van der Waals surface area (Å²) in [5.74, 6) is 0. The predicted molar refractivity (Wildman–Crippen MR) is 83.4 cm³/mol. The number of aromatic nitrogens is 2. The van der Waals surface area contributed by atoms with Gasteiger partial charge in [0.15, 0.2) is 0 Å². The lowest BCUT2D eigenvalue weighted by atomic mass is 10.0. The molecular formula is C15H15F3N2O4S. The molecule has 3 heterocycles. The van der Waals surface area contributed by atoms with Crippen LogP contribution in [0.1, 0.15) is 22.9 Å². The summed E-state index contributed by atoms with van der Waals surface area (Å²) in [6.07, 6.45) is -9.20. The zero-order chi connectivity index (χ0) is 18.5. The molecular weight excluding hydrogens is 361 g/mol. The van der Waals surface area contributed by atoms with Crippen molar-refractivity contribution < 1.29 is 33.2 Å². The highest BCUT2D eigenvalue weighted by Gasteiger charge is 2.43. The molecule has 4 atom stereocenters. The van der Waals surface area contributed by atoms with E-state index < -0.39 is 42.9 Å². The van der Waals surface area contributed by atoms with E-state index in [1.54, 1.807) is 0 Å². The van der Waals surface area contributed by atoms with Crippen molar-refractivity contribution in [3.63, 3.8) is 0 Å². The number of hydrogen-bond acceptors (Lipinski definition) is 6. The molecule has 2 aromatic rings. The van der Waals surface area contributed by atoms with Crippen molar-refractivity contribution >= 4 is 23.3 Å². The summed E-state index contributed by atoms with van der Waals surface area (Å²) in [6.45, 7) is 0.803. The van der Waals surface area contributed by atoms with Crippen LogP contribution < -0.4 is 0 Å². The van der Waals surface area contributed by atoms with Crippen molar-refractivity contribution in [3.05, 3.63) is 33.6 Å². The average Bonchev–Trinajstić information content (AvgIpc) is 2.81. The zero-order valence-corrected chi connectivity index (χ0v) is 13.7. The van der Waals surface area contributed by atoms with Gasteiger partial charge < -0.3 is 25.0 Å². The van der Waals surface area contributed by atoms with E-state index in [2.05, 4.69) is 9.97 Å². The Morgan fingerprint density at radius 3 is 2.52 bits per heavy atom. The quantitative estimate of drug-likeness (QED) is 0.597. The summed E-state index contributed by atoms with van der Waals surface area (Å²) >= 11 is 5.14. The number of halogens is 3. The fourth-order valence-corrected chi connectivity index (χ4v) is 3.18. The van der Waals surface area contributed by atoms with Gasteiger partial charge in [-0.15, -0.1) is 0 Å². The Kier molecular flexibility index (Phi) is 4.58. The second-order valence-electron chi connectivity index (χ2n) is 5.90. The highest BCUT2D eigenvalue weighted by Crippen LogP contribution is 2.36. The summed E-state index contributed by atoms with van der Waals surface area (Å²) in [5.41, 5.74) is -0.812. The second kappa shape index (κ2) is 6.29. The van der Waals surface area contributed by atoms with Crippen LogP contribution >= 0.6 is 12.2 Å². The maximum Gasteiger partial charge on any atom is 0.433 e. The molecule has 136 valence electrons. The summed E-state index contributed by atoms with van der Waals surface area (Å²) in [7, 11) is 0. The van der Waals surface area contributed by atoms with E-state index in [1.165, 1.54) is 19.1 Å². The molecule has 0 bridgehead atoms. The van der Waals surface area contributed by atoms with Crippen molar-refractivity contribution in [2.75, 3.05) is 6.61 Å². The lowest BCUT2D eigenvalue weighted by Gasteiger charge is -2.16.